The Bertz CT molecular complexity index is 881. The van der Waals surface area contributed by atoms with Gasteiger partial charge in [0.05, 0.1) is 5.60 Å². The molecule has 0 aliphatic carbocycles. The van der Waals surface area contributed by atoms with Crippen molar-refractivity contribution in [3.05, 3.63) is 71.8 Å². The molecule has 5 heteroatoms. The molecule has 0 aromatic heterocycles. The Balaban J connectivity index is 1.31. The number of hydrogen-bond acceptors (Lipinski definition) is 4. The fourth-order valence-corrected chi connectivity index (χ4v) is 5.64. The van der Waals surface area contributed by atoms with Crippen LogP contribution in [-0.2, 0) is 11.2 Å². The van der Waals surface area contributed by atoms with E-state index in [4.69, 9.17) is 0 Å². The zero-order valence-corrected chi connectivity index (χ0v) is 19.8. The van der Waals surface area contributed by atoms with Crippen molar-refractivity contribution in [3.63, 3.8) is 0 Å². The van der Waals surface area contributed by atoms with Gasteiger partial charge < -0.3 is 15.1 Å². The molecule has 2 aromatic carbocycles. The zero-order valence-electron chi connectivity index (χ0n) is 19.8. The highest BCUT2D eigenvalue weighted by molar-refractivity contribution is 5.73. The van der Waals surface area contributed by atoms with Crippen molar-refractivity contribution in [2.24, 2.45) is 5.92 Å². The highest BCUT2D eigenvalue weighted by Gasteiger charge is 2.40. The summed E-state index contributed by atoms with van der Waals surface area (Å²) < 4.78 is 0. The number of piperidine rings is 1. The van der Waals surface area contributed by atoms with Crippen LogP contribution in [0, 0.1) is 5.92 Å². The van der Waals surface area contributed by atoms with Gasteiger partial charge >= 0.3 is 5.97 Å². The van der Waals surface area contributed by atoms with E-state index in [9.17, 15) is 15.0 Å². The molecule has 2 aliphatic rings. The van der Waals surface area contributed by atoms with E-state index < -0.39 is 17.6 Å². The Morgan fingerprint density at radius 3 is 2.30 bits per heavy atom. The molecule has 2 unspecified atom stereocenters. The normalized spacial score (nSPS) is 24.5. The Kier molecular flexibility index (Phi) is 7.84. The van der Waals surface area contributed by atoms with E-state index in [-0.39, 0.29) is 0 Å². The lowest BCUT2D eigenvalue weighted by molar-refractivity contribution is -0.142. The molecule has 4 rings (SSSR count). The summed E-state index contributed by atoms with van der Waals surface area (Å²) in [6, 6.07) is 20.6. The number of benzene rings is 2. The average molecular weight is 451 g/mol. The molecule has 2 aliphatic heterocycles. The number of carboxylic acids is 1. The van der Waals surface area contributed by atoms with E-state index in [2.05, 4.69) is 58.3 Å². The summed E-state index contributed by atoms with van der Waals surface area (Å²) in [4.78, 5) is 16.2. The zero-order chi connectivity index (χ0) is 23.3. The standard InChI is InChI=1S/C28H38N2O3/c1-22(27(31)32)30-20-25(26(21-30)24-12-6-3-7-13-24)19-29-17-15-28(33,16-18-29)14-8-11-23-9-4-2-5-10-23/h2-7,9-10,12-13,22,25-26,33H,8,11,14-21H2,1H3,(H,31,32)/t22-,25?,26?/m1/s1. The minimum absolute atomic E-state index is 0.347. The lowest BCUT2D eigenvalue weighted by Crippen LogP contribution is -2.46. The first-order valence-corrected chi connectivity index (χ1v) is 12.4. The number of rotatable bonds is 9. The minimum atomic E-state index is -0.749. The summed E-state index contributed by atoms with van der Waals surface area (Å²) in [5.41, 5.74) is 2.09. The summed E-state index contributed by atoms with van der Waals surface area (Å²) in [7, 11) is 0. The second kappa shape index (κ2) is 10.8. The molecule has 2 aromatic rings. The second-order valence-corrected chi connectivity index (χ2v) is 10.1. The maximum absolute atomic E-state index is 11.6. The van der Waals surface area contributed by atoms with Gasteiger partial charge in [-0.2, -0.15) is 0 Å². The molecule has 0 spiro atoms. The van der Waals surface area contributed by atoms with Crippen LogP contribution in [0.2, 0.25) is 0 Å². The summed E-state index contributed by atoms with van der Waals surface area (Å²) in [6.07, 6.45) is 4.53. The van der Waals surface area contributed by atoms with Crippen molar-refractivity contribution in [2.75, 3.05) is 32.7 Å². The lowest BCUT2D eigenvalue weighted by atomic mass is 9.84. The lowest BCUT2D eigenvalue weighted by Gasteiger charge is -2.40. The van der Waals surface area contributed by atoms with Gasteiger partial charge in [0.2, 0.25) is 0 Å². The number of hydrogen-bond donors (Lipinski definition) is 2. The van der Waals surface area contributed by atoms with Gasteiger partial charge in [0.15, 0.2) is 0 Å². The van der Waals surface area contributed by atoms with Gasteiger partial charge in [-0.1, -0.05) is 60.7 Å². The number of aliphatic hydroxyl groups is 1. The molecule has 5 nitrogen and oxygen atoms in total. The van der Waals surface area contributed by atoms with Gasteiger partial charge in [0.1, 0.15) is 6.04 Å². The van der Waals surface area contributed by atoms with E-state index in [0.29, 0.717) is 11.8 Å². The number of carboxylic acid groups (broad SMARTS) is 1. The van der Waals surface area contributed by atoms with Gasteiger partial charge in [-0.25, -0.2) is 0 Å². The smallest absolute Gasteiger partial charge is 0.320 e. The molecule has 0 amide bonds. The predicted octanol–water partition coefficient (Wildman–Crippen LogP) is 4.02. The van der Waals surface area contributed by atoms with Crippen molar-refractivity contribution in [1.82, 2.24) is 9.80 Å². The fourth-order valence-electron chi connectivity index (χ4n) is 5.64. The van der Waals surface area contributed by atoms with Crippen LogP contribution < -0.4 is 0 Å². The predicted molar refractivity (Wildman–Crippen MR) is 131 cm³/mol. The van der Waals surface area contributed by atoms with Gasteiger partial charge in [-0.3, -0.25) is 9.69 Å². The first kappa shape index (κ1) is 23.9. The third-order valence-electron chi connectivity index (χ3n) is 7.83. The van der Waals surface area contributed by atoms with Crippen molar-refractivity contribution >= 4 is 5.97 Å². The molecule has 2 N–H and O–H groups in total. The maximum atomic E-state index is 11.6. The summed E-state index contributed by atoms with van der Waals surface area (Å²) >= 11 is 0. The largest absolute Gasteiger partial charge is 0.480 e. The molecule has 178 valence electrons. The third kappa shape index (κ3) is 6.23. The SMILES string of the molecule is C[C@H](C(=O)O)N1CC(CN2CCC(O)(CCCc3ccccc3)CC2)C(c2ccccc2)C1. The molecule has 0 saturated carbocycles. The Labute approximate surface area is 198 Å². The van der Waals surface area contributed by atoms with E-state index in [1.54, 1.807) is 6.92 Å². The van der Waals surface area contributed by atoms with Crippen LogP contribution in [0.4, 0.5) is 0 Å². The van der Waals surface area contributed by atoms with Crippen LogP contribution in [-0.4, -0.2) is 70.3 Å². The van der Waals surface area contributed by atoms with Crippen LogP contribution >= 0.6 is 0 Å². The van der Waals surface area contributed by atoms with Crippen molar-refractivity contribution < 1.29 is 15.0 Å². The molecule has 0 bridgehead atoms. The summed E-state index contributed by atoms with van der Waals surface area (Å²) in [6.45, 7) is 6.18. The molecule has 33 heavy (non-hydrogen) atoms. The quantitative estimate of drug-likeness (QED) is 0.604. The Hall–Kier alpha value is -2.21. The fraction of sp³-hybridized carbons (Fsp3) is 0.536. The molecular formula is C28H38N2O3. The van der Waals surface area contributed by atoms with Crippen molar-refractivity contribution in [1.29, 1.82) is 0 Å². The van der Waals surface area contributed by atoms with Crippen molar-refractivity contribution in [3.8, 4) is 0 Å². The first-order chi connectivity index (χ1) is 15.9. The minimum Gasteiger partial charge on any atom is -0.480 e. The van der Waals surface area contributed by atoms with Crippen LogP contribution in [0.25, 0.3) is 0 Å². The Morgan fingerprint density at radius 2 is 1.67 bits per heavy atom. The summed E-state index contributed by atoms with van der Waals surface area (Å²) in [5.74, 6) is -0.000780. The molecule has 2 saturated heterocycles. The molecule has 0 radical (unpaired) electrons. The molecule has 2 fully saturated rings. The van der Waals surface area contributed by atoms with Gasteiger partial charge in [-0.05, 0) is 56.1 Å². The molecular weight excluding hydrogens is 412 g/mol. The number of nitrogens with zero attached hydrogens (tertiary/aromatic N) is 2. The van der Waals surface area contributed by atoms with E-state index in [0.717, 1.165) is 64.8 Å². The molecule has 3 atom stereocenters. The van der Waals surface area contributed by atoms with Gasteiger partial charge in [-0.15, -0.1) is 0 Å². The highest BCUT2D eigenvalue weighted by atomic mass is 16.4. The highest BCUT2D eigenvalue weighted by Crippen LogP contribution is 2.36. The van der Waals surface area contributed by atoms with Gasteiger partial charge in [0, 0.05) is 38.6 Å². The Morgan fingerprint density at radius 1 is 1.03 bits per heavy atom. The first-order valence-electron chi connectivity index (χ1n) is 12.4. The number of carbonyl (C=O) groups is 1. The number of aryl methyl sites for hydroxylation is 1. The van der Waals surface area contributed by atoms with E-state index in [1.807, 2.05) is 12.1 Å². The topological polar surface area (TPSA) is 64.0 Å². The van der Waals surface area contributed by atoms with Crippen LogP contribution in [0.1, 0.15) is 49.7 Å². The summed E-state index contributed by atoms with van der Waals surface area (Å²) in [5, 5.41) is 20.7. The van der Waals surface area contributed by atoms with Crippen LogP contribution in [0.3, 0.4) is 0 Å². The monoisotopic (exact) mass is 450 g/mol. The van der Waals surface area contributed by atoms with E-state index >= 15 is 0 Å². The maximum Gasteiger partial charge on any atom is 0.320 e. The second-order valence-electron chi connectivity index (χ2n) is 10.1. The van der Waals surface area contributed by atoms with Crippen molar-refractivity contribution in [2.45, 2.75) is 56.6 Å². The third-order valence-corrected chi connectivity index (χ3v) is 7.83. The number of likely N-dealkylation sites (tertiary alicyclic amines) is 2. The molecule has 2 heterocycles. The van der Waals surface area contributed by atoms with E-state index in [1.165, 1.54) is 11.1 Å². The van der Waals surface area contributed by atoms with Crippen LogP contribution in [0.15, 0.2) is 60.7 Å². The van der Waals surface area contributed by atoms with Crippen LogP contribution in [0.5, 0.6) is 0 Å². The average Bonchev–Trinajstić information content (AvgIpc) is 3.25. The van der Waals surface area contributed by atoms with Gasteiger partial charge in [0.25, 0.3) is 0 Å². The number of aliphatic carboxylic acids is 1.